The number of imidazole rings is 1. The zero-order valence-electron chi connectivity index (χ0n) is 13.5. The molecule has 2 aromatic heterocycles. The van der Waals surface area contributed by atoms with Gasteiger partial charge in [-0.2, -0.15) is 0 Å². The van der Waals surface area contributed by atoms with Crippen LogP contribution >= 0.6 is 11.6 Å². The summed E-state index contributed by atoms with van der Waals surface area (Å²) >= 11 is 6.10. The number of aromatic amines is 2. The highest BCUT2D eigenvalue weighted by Crippen LogP contribution is 2.34. The van der Waals surface area contributed by atoms with E-state index >= 15 is 0 Å². The molecule has 0 amide bonds. The van der Waals surface area contributed by atoms with E-state index in [-0.39, 0.29) is 5.75 Å². The number of fused-ring (bicyclic) bond motifs is 2. The third kappa shape index (κ3) is 2.41. The lowest BCUT2D eigenvalue weighted by Gasteiger charge is -2.06. The minimum absolute atomic E-state index is 0.143. The lowest BCUT2D eigenvalue weighted by Crippen LogP contribution is -1.85. The van der Waals surface area contributed by atoms with Crippen LogP contribution in [0.5, 0.6) is 5.75 Å². The van der Waals surface area contributed by atoms with Gasteiger partial charge in [0.15, 0.2) is 5.82 Å². The van der Waals surface area contributed by atoms with Crippen LogP contribution in [-0.2, 0) is 0 Å². The summed E-state index contributed by atoms with van der Waals surface area (Å²) in [5, 5.41) is 18.1. The van der Waals surface area contributed by atoms with E-state index in [1.807, 2.05) is 54.7 Å². The first kappa shape index (κ1) is 15.0. The predicted octanol–water partition coefficient (Wildman–Crippen LogP) is 5.13. The number of phenolic OH excluding ortho intramolecular Hbond substituents is 1. The van der Waals surface area contributed by atoms with Crippen LogP contribution in [0.25, 0.3) is 44.5 Å². The Kier molecular flexibility index (Phi) is 3.23. The van der Waals surface area contributed by atoms with Gasteiger partial charge in [-0.15, -0.1) is 0 Å². The van der Waals surface area contributed by atoms with E-state index in [0.717, 1.165) is 33.1 Å². The molecule has 0 saturated carbocycles. The summed E-state index contributed by atoms with van der Waals surface area (Å²) in [7, 11) is 0. The Balaban J connectivity index is 1.67. The average molecular weight is 361 g/mol. The number of hydrogen-bond donors (Lipinski definition) is 3. The molecule has 2 heterocycles. The summed E-state index contributed by atoms with van der Waals surface area (Å²) in [6.45, 7) is 0. The molecule has 3 N–H and O–H groups in total. The van der Waals surface area contributed by atoms with Crippen molar-refractivity contribution in [1.82, 2.24) is 20.2 Å². The topological polar surface area (TPSA) is 77.6 Å². The Morgan fingerprint density at radius 3 is 2.54 bits per heavy atom. The summed E-state index contributed by atoms with van der Waals surface area (Å²) in [6.07, 6.45) is 1.88. The van der Waals surface area contributed by atoms with Gasteiger partial charge in [-0.3, -0.25) is 0 Å². The number of nitrogens with one attached hydrogen (secondary N) is 2. The van der Waals surface area contributed by atoms with Gasteiger partial charge in [0, 0.05) is 16.6 Å². The van der Waals surface area contributed by atoms with E-state index in [2.05, 4.69) is 20.2 Å². The molecule has 0 aliphatic carbocycles. The second-order valence-electron chi connectivity index (χ2n) is 6.13. The molecule has 0 saturated heterocycles. The third-order valence-electron chi connectivity index (χ3n) is 4.43. The second kappa shape index (κ2) is 5.61. The summed E-state index contributed by atoms with van der Waals surface area (Å²) < 4.78 is 0. The van der Waals surface area contributed by atoms with Gasteiger partial charge in [-0.05, 0) is 47.5 Å². The fourth-order valence-corrected chi connectivity index (χ4v) is 3.32. The molecule has 5 aromatic rings. The summed E-state index contributed by atoms with van der Waals surface area (Å²) in [5.41, 5.74) is 5.02. The van der Waals surface area contributed by atoms with Crippen LogP contribution in [0.4, 0.5) is 0 Å². The number of rotatable bonds is 2. The fourth-order valence-electron chi connectivity index (χ4n) is 3.13. The Morgan fingerprint density at radius 1 is 0.885 bits per heavy atom. The van der Waals surface area contributed by atoms with Gasteiger partial charge >= 0.3 is 0 Å². The smallest absolute Gasteiger partial charge is 0.164 e. The summed E-state index contributed by atoms with van der Waals surface area (Å²) in [4.78, 5) is 9.20. The lowest BCUT2D eigenvalue weighted by molar-refractivity contribution is 0.477. The van der Waals surface area contributed by atoms with Gasteiger partial charge in [-0.1, -0.05) is 29.8 Å². The van der Waals surface area contributed by atoms with E-state index in [0.29, 0.717) is 16.4 Å². The lowest BCUT2D eigenvalue weighted by atomic mass is 10.0. The second-order valence-corrected chi connectivity index (χ2v) is 6.57. The van der Waals surface area contributed by atoms with Crippen LogP contribution in [0, 0.1) is 0 Å². The average Bonchev–Trinajstić information content (AvgIpc) is 3.25. The van der Waals surface area contributed by atoms with Gasteiger partial charge < -0.3 is 15.3 Å². The molecule has 3 aromatic carbocycles. The largest absolute Gasteiger partial charge is 0.507 e. The first-order chi connectivity index (χ1) is 12.7. The number of hydrogen-bond acceptors (Lipinski definition) is 3. The predicted molar refractivity (Wildman–Crippen MR) is 103 cm³/mol. The van der Waals surface area contributed by atoms with Crippen molar-refractivity contribution in [2.24, 2.45) is 0 Å². The zero-order valence-corrected chi connectivity index (χ0v) is 14.2. The van der Waals surface area contributed by atoms with Gasteiger partial charge in [-0.25, -0.2) is 9.97 Å². The molecule has 0 radical (unpaired) electrons. The molecular weight excluding hydrogens is 348 g/mol. The van der Waals surface area contributed by atoms with Gasteiger partial charge in [0.25, 0.3) is 0 Å². The maximum absolute atomic E-state index is 10.3. The number of halogens is 1. The van der Waals surface area contributed by atoms with Crippen molar-refractivity contribution in [3.05, 3.63) is 65.8 Å². The summed E-state index contributed by atoms with van der Waals surface area (Å²) in [6, 6.07) is 16.9. The van der Waals surface area contributed by atoms with Crippen molar-refractivity contribution < 1.29 is 5.11 Å². The monoisotopic (exact) mass is 360 g/mol. The SMILES string of the molecule is Oc1ccc(-c2cccc(Cl)c2)cc1-c1nc2cc3c[nH][nH]c3cc2n1. The van der Waals surface area contributed by atoms with Crippen molar-refractivity contribution in [1.29, 1.82) is 0 Å². The van der Waals surface area contributed by atoms with Crippen LogP contribution in [0.15, 0.2) is 60.8 Å². The van der Waals surface area contributed by atoms with Crippen molar-refractivity contribution in [2.45, 2.75) is 0 Å². The van der Waals surface area contributed by atoms with E-state index in [4.69, 9.17) is 11.6 Å². The van der Waals surface area contributed by atoms with E-state index in [1.54, 1.807) is 6.07 Å². The molecule has 6 heteroatoms. The quantitative estimate of drug-likeness (QED) is 0.408. The van der Waals surface area contributed by atoms with Crippen molar-refractivity contribution >= 4 is 33.5 Å². The molecular formula is C20H13ClN4O. The number of phenols is 1. The Labute approximate surface area is 153 Å². The van der Waals surface area contributed by atoms with Gasteiger partial charge in [0.05, 0.1) is 22.1 Å². The molecule has 0 spiro atoms. The minimum Gasteiger partial charge on any atom is -0.507 e. The van der Waals surface area contributed by atoms with Crippen molar-refractivity contribution in [3.8, 4) is 28.3 Å². The third-order valence-corrected chi connectivity index (χ3v) is 4.66. The first-order valence-electron chi connectivity index (χ1n) is 8.10. The number of aromatic nitrogens is 4. The van der Waals surface area contributed by atoms with Crippen LogP contribution in [0.1, 0.15) is 0 Å². The molecule has 0 unspecified atom stereocenters. The molecule has 0 fully saturated rings. The number of H-pyrrole nitrogens is 2. The fraction of sp³-hybridized carbons (Fsp3) is 0. The Morgan fingerprint density at radius 2 is 1.69 bits per heavy atom. The highest BCUT2D eigenvalue weighted by molar-refractivity contribution is 6.30. The van der Waals surface area contributed by atoms with Crippen molar-refractivity contribution in [3.63, 3.8) is 0 Å². The summed E-state index contributed by atoms with van der Waals surface area (Å²) in [5.74, 6) is 0.642. The van der Waals surface area contributed by atoms with Crippen LogP contribution in [0.2, 0.25) is 5.02 Å². The van der Waals surface area contributed by atoms with E-state index < -0.39 is 0 Å². The van der Waals surface area contributed by atoms with Gasteiger partial charge in [0.2, 0.25) is 0 Å². The number of benzene rings is 3. The highest BCUT2D eigenvalue weighted by atomic mass is 35.5. The van der Waals surface area contributed by atoms with Crippen LogP contribution < -0.4 is 0 Å². The number of aromatic hydroxyl groups is 1. The minimum atomic E-state index is 0.143. The molecule has 5 nitrogen and oxygen atoms in total. The van der Waals surface area contributed by atoms with E-state index in [9.17, 15) is 5.11 Å². The Hall–Kier alpha value is -3.31. The zero-order chi connectivity index (χ0) is 17.7. The van der Waals surface area contributed by atoms with Crippen molar-refractivity contribution in [2.75, 3.05) is 0 Å². The standard InChI is InChI=1S/C20H13ClN4O/c21-14-3-1-2-11(6-14)12-4-5-19(26)15(7-12)20-23-17-8-13-10-22-25-16(13)9-18(17)24-20/h1-10,22,25-26H. The maximum Gasteiger partial charge on any atom is 0.164 e. The molecule has 0 bridgehead atoms. The molecule has 26 heavy (non-hydrogen) atoms. The van der Waals surface area contributed by atoms with Crippen LogP contribution in [-0.4, -0.2) is 25.3 Å². The molecule has 5 rings (SSSR count). The first-order valence-corrected chi connectivity index (χ1v) is 8.48. The normalized spacial score (nSPS) is 11.4. The maximum atomic E-state index is 10.3. The molecule has 0 atom stereocenters. The molecule has 0 aliphatic rings. The Bertz CT molecular complexity index is 1220. The molecule has 0 aliphatic heterocycles. The van der Waals surface area contributed by atoms with Gasteiger partial charge in [0.1, 0.15) is 5.75 Å². The molecule has 126 valence electrons. The number of nitrogens with zero attached hydrogens (tertiary/aromatic N) is 2. The highest BCUT2D eigenvalue weighted by Gasteiger charge is 2.13. The van der Waals surface area contributed by atoms with E-state index in [1.165, 1.54) is 0 Å². The van der Waals surface area contributed by atoms with Crippen LogP contribution in [0.3, 0.4) is 0 Å².